The average Bonchev–Trinajstić information content (AvgIpc) is 2.60. The van der Waals surface area contributed by atoms with E-state index in [1.54, 1.807) is 31.4 Å². The maximum absolute atomic E-state index is 11.8. The van der Waals surface area contributed by atoms with Crippen molar-refractivity contribution in [3.63, 3.8) is 0 Å². The summed E-state index contributed by atoms with van der Waals surface area (Å²) in [6.07, 6.45) is 3.40. The van der Waals surface area contributed by atoms with Crippen LogP contribution in [-0.4, -0.2) is 23.9 Å². The van der Waals surface area contributed by atoms with Gasteiger partial charge in [0.15, 0.2) is 0 Å². The predicted octanol–water partition coefficient (Wildman–Crippen LogP) is 4.69. The van der Waals surface area contributed by atoms with Crippen molar-refractivity contribution in [3.8, 4) is 11.5 Å². The third-order valence-electron chi connectivity index (χ3n) is 3.55. The Balaban J connectivity index is 1.57. The minimum absolute atomic E-state index is 0.0562. The summed E-state index contributed by atoms with van der Waals surface area (Å²) in [5.41, 5.74) is 0.470. The van der Waals surface area contributed by atoms with E-state index in [1.165, 1.54) is 4.90 Å². The molecule has 2 aromatic rings. The maximum atomic E-state index is 11.8. The molecule has 0 spiro atoms. The monoisotopic (exact) mass is 345 g/mol. The van der Waals surface area contributed by atoms with Crippen molar-refractivity contribution >= 4 is 23.4 Å². The number of hydrogen-bond acceptors (Lipinski definition) is 4. The van der Waals surface area contributed by atoms with E-state index in [0.29, 0.717) is 12.1 Å². The van der Waals surface area contributed by atoms with Gasteiger partial charge >= 0.3 is 0 Å². The summed E-state index contributed by atoms with van der Waals surface area (Å²) in [5.74, 6) is 1.95. The Kier molecular flexibility index (Phi) is 7.49. The van der Waals surface area contributed by atoms with Gasteiger partial charge in [-0.05, 0) is 55.0 Å². The standard InChI is InChI=1S/C19H23NO3S/c1-23-15-10-12-16(13-11-15)24-14-6-2-3-9-19(22)20-17-7-4-5-8-18(17)21/h4-5,7-8,10-13,21H,2-3,6,9,14H2,1H3,(H,20,22). The van der Waals surface area contributed by atoms with Gasteiger partial charge in [-0.25, -0.2) is 0 Å². The normalized spacial score (nSPS) is 10.4. The molecule has 0 heterocycles. The van der Waals surface area contributed by atoms with Crippen LogP contribution < -0.4 is 10.1 Å². The molecule has 24 heavy (non-hydrogen) atoms. The Morgan fingerprint density at radius 2 is 1.83 bits per heavy atom. The van der Waals surface area contributed by atoms with E-state index in [0.717, 1.165) is 30.8 Å². The molecule has 128 valence electrons. The van der Waals surface area contributed by atoms with Gasteiger partial charge in [-0.15, -0.1) is 11.8 Å². The van der Waals surface area contributed by atoms with Crippen molar-refractivity contribution in [2.75, 3.05) is 18.2 Å². The highest BCUT2D eigenvalue weighted by atomic mass is 32.2. The van der Waals surface area contributed by atoms with E-state index in [2.05, 4.69) is 17.4 Å². The van der Waals surface area contributed by atoms with Gasteiger partial charge in [0.25, 0.3) is 0 Å². The summed E-state index contributed by atoms with van der Waals surface area (Å²) in [4.78, 5) is 13.1. The lowest BCUT2D eigenvalue weighted by molar-refractivity contribution is -0.116. The van der Waals surface area contributed by atoms with Crippen LogP contribution in [0.1, 0.15) is 25.7 Å². The second-order valence-electron chi connectivity index (χ2n) is 5.40. The highest BCUT2D eigenvalue weighted by Crippen LogP contribution is 2.23. The molecule has 0 aromatic heterocycles. The molecule has 2 N–H and O–H groups in total. The molecule has 0 saturated heterocycles. The summed E-state index contributed by atoms with van der Waals surface area (Å²) in [6.45, 7) is 0. The van der Waals surface area contributed by atoms with Gasteiger partial charge in [0.05, 0.1) is 12.8 Å². The molecule has 0 unspecified atom stereocenters. The Bertz CT molecular complexity index is 643. The van der Waals surface area contributed by atoms with Crippen molar-refractivity contribution in [1.29, 1.82) is 0 Å². The van der Waals surface area contributed by atoms with E-state index in [-0.39, 0.29) is 11.7 Å². The number of rotatable bonds is 9. The fourth-order valence-corrected chi connectivity index (χ4v) is 3.13. The molecule has 5 heteroatoms. The van der Waals surface area contributed by atoms with Crippen LogP contribution >= 0.6 is 11.8 Å². The smallest absolute Gasteiger partial charge is 0.224 e. The summed E-state index contributed by atoms with van der Waals surface area (Å²) >= 11 is 1.81. The molecule has 0 radical (unpaired) electrons. The van der Waals surface area contributed by atoms with Crippen molar-refractivity contribution in [1.82, 2.24) is 0 Å². The Morgan fingerprint density at radius 3 is 2.54 bits per heavy atom. The number of unbranched alkanes of at least 4 members (excludes halogenated alkanes) is 2. The zero-order valence-corrected chi connectivity index (χ0v) is 14.6. The number of aromatic hydroxyl groups is 1. The van der Waals surface area contributed by atoms with E-state index in [9.17, 15) is 9.90 Å². The maximum Gasteiger partial charge on any atom is 0.224 e. The number of phenolic OH excluding ortho intramolecular Hbond substituents is 1. The summed E-state index contributed by atoms with van der Waals surface area (Å²) in [5, 5.41) is 12.3. The largest absolute Gasteiger partial charge is 0.506 e. The van der Waals surface area contributed by atoms with Gasteiger partial charge in [0.2, 0.25) is 5.91 Å². The molecule has 4 nitrogen and oxygen atoms in total. The number of benzene rings is 2. The van der Waals surface area contributed by atoms with Gasteiger partial charge in [-0.1, -0.05) is 18.6 Å². The van der Waals surface area contributed by atoms with Crippen LogP contribution in [0, 0.1) is 0 Å². The topological polar surface area (TPSA) is 58.6 Å². The predicted molar refractivity (Wildman–Crippen MR) is 98.9 cm³/mol. The fraction of sp³-hybridized carbons (Fsp3) is 0.316. The van der Waals surface area contributed by atoms with E-state index >= 15 is 0 Å². The molecule has 0 aliphatic heterocycles. The van der Waals surface area contributed by atoms with Gasteiger partial charge < -0.3 is 15.2 Å². The number of ether oxygens (including phenoxy) is 1. The first-order valence-corrected chi connectivity index (χ1v) is 9.02. The first-order valence-electron chi connectivity index (χ1n) is 8.04. The fourth-order valence-electron chi connectivity index (χ4n) is 2.22. The molecule has 0 bridgehead atoms. The minimum atomic E-state index is -0.0562. The van der Waals surface area contributed by atoms with Crippen molar-refractivity contribution in [3.05, 3.63) is 48.5 Å². The van der Waals surface area contributed by atoms with Crippen LogP contribution in [-0.2, 0) is 4.79 Å². The van der Waals surface area contributed by atoms with E-state index in [4.69, 9.17) is 4.74 Å². The number of hydrogen-bond donors (Lipinski definition) is 2. The zero-order valence-electron chi connectivity index (χ0n) is 13.8. The van der Waals surface area contributed by atoms with Gasteiger partial charge in [0, 0.05) is 11.3 Å². The molecule has 0 aliphatic carbocycles. The molecule has 0 atom stereocenters. The lowest BCUT2D eigenvalue weighted by Gasteiger charge is -2.07. The SMILES string of the molecule is COc1ccc(SCCCCCC(=O)Nc2ccccc2O)cc1. The quantitative estimate of drug-likeness (QED) is 0.393. The Labute approximate surface area is 147 Å². The number of methoxy groups -OCH3 is 1. The summed E-state index contributed by atoms with van der Waals surface area (Å²) in [7, 11) is 1.66. The Morgan fingerprint density at radius 1 is 1.08 bits per heavy atom. The van der Waals surface area contributed by atoms with Crippen LogP contribution in [0.3, 0.4) is 0 Å². The molecule has 0 aliphatic rings. The second-order valence-corrected chi connectivity index (χ2v) is 6.57. The number of carbonyl (C=O) groups is 1. The van der Waals surface area contributed by atoms with Gasteiger partial charge in [0.1, 0.15) is 11.5 Å². The zero-order chi connectivity index (χ0) is 17.2. The highest BCUT2D eigenvalue weighted by molar-refractivity contribution is 7.99. The first kappa shape index (κ1) is 18.2. The molecule has 2 aromatic carbocycles. The van der Waals surface area contributed by atoms with Crippen LogP contribution in [0.4, 0.5) is 5.69 Å². The summed E-state index contributed by atoms with van der Waals surface area (Å²) in [6, 6.07) is 14.8. The molecule has 1 amide bonds. The molecule has 0 fully saturated rings. The van der Waals surface area contributed by atoms with E-state index in [1.807, 2.05) is 23.9 Å². The number of amides is 1. The average molecular weight is 345 g/mol. The first-order chi connectivity index (χ1) is 11.7. The van der Waals surface area contributed by atoms with Crippen molar-refractivity contribution in [2.45, 2.75) is 30.6 Å². The van der Waals surface area contributed by atoms with E-state index < -0.39 is 0 Å². The van der Waals surface area contributed by atoms with Crippen molar-refractivity contribution in [2.24, 2.45) is 0 Å². The Hall–Kier alpha value is -2.14. The molecule has 2 rings (SSSR count). The third-order valence-corrected chi connectivity index (χ3v) is 4.65. The van der Waals surface area contributed by atoms with Gasteiger partial charge in [-0.3, -0.25) is 4.79 Å². The second kappa shape index (κ2) is 9.88. The number of phenols is 1. The number of para-hydroxylation sites is 2. The number of nitrogens with one attached hydrogen (secondary N) is 1. The number of anilines is 1. The lowest BCUT2D eigenvalue weighted by atomic mass is 10.2. The molecular formula is C19H23NO3S. The highest BCUT2D eigenvalue weighted by Gasteiger charge is 2.05. The van der Waals surface area contributed by atoms with Gasteiger partial charge in [-0.2, -0.15) is 0 Å². The van der Waals surface area contributed by atoms with Crippen LogP contribution in [0.2, 0.25) is 0 Å². The van der Waals surface area contributed by atoms with Crippen LogP contribution in [0.25, 0.3) is 0 Å². The molecule has 0 saturated carbocycles. The van der Waals surface area contributed by atoms with Crippen LogP contribution in [0.5, 0.6) is 11.5 Å². The molecular weight excluding hydrogens is 322 g/mol. The lowest BCUT2D eigenvalue weighted by Crippen LogP contribution is -2.11. The number of thioether (sulfide) groups is 1. The summed E-state index contributed by atoms with van der Waals surface area (Å²) < 4.78 is 5.14. The number of carbonyl (C=O) groups excluding carboxylic acids is 1. The van der Waals surface area contributed by atoms with Crippen molar-refractivity contribution < 1.29 is 14.6 Å². The third kappa shape index (κ3) is 6.16. The minimum Gasteiger partial charge on any atom is -0.506 e. The van der Waals surface area contributed by atoms with Crippen LogP contribution in [0.15, 0.2) is 53.4 Å².